The van der Waals surface area contributed by atoms with Gasteiger partial charge in [-0.05, 0) is 49.1 Å². The summed E-state index contributed by atoms with van der Waals surface area (Å²) in [5.74, 6) is -0.142. The van der Waals surface area contributed by atoms with E-state index in [0.29, 0.717) is 44.5 Å². The maximum atomic E-state index is 12.5. The van der Waals surface area contributed by atoms with Gasteiger partial charge in [0.2, 0.25) is 11.8 Å². The topological polar surface area (TPSA) is 58.6 Å². The van der Waals surface area contributed by atoms with Crippen LogP contribution in [0.4, 0.5) is 14.5 Å². The highest BCUT2D eigenvalue weighted by Gasteiger charge is 2.27. The highest BCUT2D eigenvalue weighted by atomic mass is 19.3. The average molecular weight is 402 g/mol. The van der Waals surface area contributed by atoms with Crippen molar-refractivity contribution in [2.75, 3.05) is 18.4 Å². The number of nitrogens with one attached hydrogen (secondary N) is 1. The Morgan fingerprint density at radius 2 is 1.69 bits per heavy atom. The summed E-state index contributed by atoms with van der Waals surface area (Å²) in [4.78, 5) is 26.7. The molecule has 1 saturated heterocycles. The number of nitrogens with zero attached hydrogens (tertiary/aromatic N) is 1. The van der Waals surface area contributed by atoms with Crippen LogP contribution in [0.2, 0.25) is 0 Å². The first-order chi connectivity index (χ1) is 14.0. The van der Waals surface area contributed by atoms with Gasteiger partial charge in [-0.2, -0.15) is 8.78 Å². The number of benzene rings is 2. The van der Waals surface area contributed by atoms with Crippen molar-refractivity contribution in [3.63, 3.8) is 0 Å². The Balaban J connectivity index is 1.42. The minimum Gasteiger partial charge on any atom is -0.435 e. The summed E-state index contributed by atoms with van der Waals surface area (Å²) in [5.41, 5.74) is 1.66. The quantitative estimate of drug-likeness (QED) is 0.759. The van der Waals surface area contributed by atoms with Crippen molar-refractivity contribution in [2.24, 2.45) is 5.92 Å². The minimum atomic E-state index is -2.88. The van der Waals surface area contributed by atoms with Crippen LogP contribution in [0.5, 0.6) is 5.75 Å². The van der Waals surface area contributed by atoms with Gasteiger partial charge in [-0.3, -0.25) is 9.59 Å². The second-order valence-electron chi connectivity index (χ2n) is 7.03. The second kappa shape index (κ2) is 10.0. The molecule has 0 unspecified atom stereocenters. The highest BCUT2D eigenvalue weighted by Crippen LogP contribution is 2.22. The number of carbonyl (C=O) groups excluding carboxylic acids is 2. The van der Waals surface area contributed by atoms with Gasteiger partial charge >= 0.3 is 6.61 Å². The number of amides is 2. The lowest BCUT2D eigenvalue weighted by molar-refractivity contribution is -0.134. The molecule has 0 bridgehead atoms. The number of anilines is 1. The van der Waals surface area contributed by atoms with Gasteiger partial charge in [-0.1, -0.05) is 30.3 Å². The summed E-state index contributed by atoms with van der Waals surface area (Å²) in [6, 6.07) is 15.7. The van der Waals surface area contributed by atoms with E-state index in [1.807, 2.05) is 35.2 Å². The van der Waals surface area contributed by atoms with E-state index in [1.165, 1.54) is 24.3 Å². The van der Waals surface area contributed by atoms with E-state index >= 15 is 0 Å². The van der Waals surface area contributed by atoms with E-state index in [4.69, 9.17) is 0 Å². The zero-order valence-corrected chi connectivity index (χ0v) is 16.0. The third-order valence-electron chi connectivity index (χ3n) is 5.04. The summed E-state index contributed by atoms with van der Waals surface area (Å²) >= 11 is 0. The Bertz CT molecular complexity index is 805. The summed E-state index contributed by atoms with van der Waals surface area (Å²) in [6.45, 7) is -1.75. The molecule has 2 amide bonds. The molecule has 1 aliphatic rings. The first-order valence-electron chi connectivity index (χ1n) is 9.68. The van der Waals surface area contributed by atoms with Crippen molar-refractivity contribution < 1.29 is 23.1 Å². The predicted molar refractivity (Wildman–Crippen MR) is 106 cm³/mol. The van der Waals surface area contributed by atoms with Crippen LogP contribution in [0.3, 0.4) is 0 Å². The Hall–Kier alpha value is -2.96. The molecule has 0 radical (unpaired) electrons. The van der Waals surface area contributed by atoms with Crippen molar-refractivity contribution in [3.8, 4) is 5.75 Å². The second-order valence-corrected chi connectivity index (χ2v) is 7.03. The smallest absolute Gasteiger partial charge is 0.387 e. The monoisotopic (exact) mass is 402 g/mol. The molecule has 1 heterocycles. The van der Waals surface area contributed by atoms with Crippen molar-refractivity contribution in [1.29, 1.82) is 0 Å². The standard InChI is InChI=1S/C22H24F2N2O3/c23-22(24)29-19-9-7-18(8-10-19)25-21(28)17-12-14-26(15-13-17)20(27)11-6-16-4-2-1-3-5-16/h1-5,7-10,17,22H,6,11-15H2,(H,25,28). The van der Waals surface area contributed by atoms with Gasteiger partial charge in [0.05, 0.1) is 0 Å². The van der Waals surface area contributed by atoms with Crippen LogP contribution in [0.15, 0.2) is 54.6 Å². The van der Waals surface area contributed by atoms with Crippen molar-refractivity contribution >= 4 is 17.5 Å². The number of halogens is 2. The number of aryl methyl sites for hydroxylation is 1. The fraction of sp³-hybridized carbons (Fsp3) is 0.364. The Morgan fingerprint density at radius 3 is 2.31 bits per heavy atom. The molecule has 1 aliphatic heterocycles. The molecule has 0 aromatic heterocycles. The summed E-state index contributed by atoms with van der Waals surface area (Å²) in [5, 5.41) is 2.80. The zero-order chi connectivity index (χ0) is 20.6. The SMILES string of the molecule is O=C(Nc1ccc(OC(F)F)cc1)C1CCN(C(=O)CCc2ccccc2)CC1. The largest absolute Gasteiger partial charge is 0.435 e. The molecule has 0 atom stereocenters. The fourth-order valence-corrected chi connectivity index (χ4v) is 3.41. The molecule has 1 N–H and O–H groups in total. The molecular weight excluding hydrogens is 378 g/mol. The van der Waals surface area contributed by atoms with Crippen LogP contribution in [0, 0.1) is 5.92 Å². The van der Waals surface area contributed by atoms with Crippen LogP contribution in [0.1, 0.15) is 24.8 Å². The predicted octanol–water partition coefficient (Wildman–Crippen LogP) is 4.10. The van der Waals surface area contributed by atoms with E-state index in [2.05, 4.69) is 10.1 Å². The van der Waals surface area contributed by atoms with Crippen LogP contribution in [0.25, 0.3) is 0 Å². The summed E-state index contributed by atoms with van der Waals surface area (Å²) < 4.78 is 28.6. The van der Waals surface area contributed by atoms with Crippen molar-refractivity contribution in [1.82, 2.24) is 4.90 Å². The highest BCUT2D eigenvalue weighted by molar-refractivity contribution is 5.92. The lowest BCUT2D eigenvalue weighted by Crippen LogP contribution is -2.41. The van der Waals surface area contributed by atoms with E-state index in [0.717, 1.165) is 5.56 Å². The average Bonchev–Trinajstić information content (AvgIpc) is 2.74. The molecule has 7 heteroatoms. The minimum absolute atomic E-state index is 0.0420. The van der Waals surface area contributed by atoms with Gasteiger partial charge in [0.1, 0.15) is 5.75 Å². The Labute approximate surface area is 168 Å². The molecule has 2 aromatic carbocycles. The molecule has 0 spiro atoms. The maximum absolute atomic E-state index is 12.5. The number of rotatable bonds is 7. The number of hydrogen-bond donors (Lipinski definition) is 1. The van der Waals surface area contributed by atoms with E-state index in [9.17, 15) is 18.4 Å². The molecule has 5 nitrogen and oxygen atoms in total. The molecule has 0 saturated carbocycles. The normalized spacial score (nSPS) is 14.7. The number of alkyl halides is 2. The van der Waals surface area contributed by atoms with E-state index in [-0.39, 0.29) is 23.5 Å². The van der Waals surface area contributed by atoms with Crippen LogP contribution < -0.4 is 10.1 Å². The summed E-state index contributed by atoms with van der Waals surface area (Å²) in [6.07, 6.45) is 2.39. The third-order valence-corrected chi connectivity index (χ3v) is 5.04. The zero-order valence-electron chi connectivity index (χ0n) is 16.0. The number of ether oxygens (including phenoxy) is 1. The Kier molecular flexibility index (Phi) is 7.16. The molecule has 3 rings (SSSR count). The number of piperidine rings is 1. The molecule has 0 aliphatic carbocycles. The van der Waals surface area contributed by atoms with Gasteiger partial charge in [0, 0.05) is 31.1 Å². The van der Waals surface area contributed by atoms with Gasteiger partial charge in [0.25, 0.3) is 0 Å². The number of hydrogen-bond acceptors (Lipinski definition) is 3. The number of carbonyl (C=O) groups is 2. The molecule has 2 aromatic rings. The van der Waals surface area contributed by atoms with Crippen molar-refractivity contribution in [3.05, 3.63) is 60.2 Å². The lowest BCUT2D eigenvalue weighted by Gasteiger charge is -2.31. The van der Waals surface area contributed by atoms with Gasteiger partial charge in [-0.25, -0.2) is 0 Å². The molecular formula is C22H24F2N2O3. The van der Waals surface area contributed by atoms with E-state index in [1.54, 1.807) is 0 Å². The number of likely N-dealkylation sites (tertiary alicyclic amines) is 1. The van der Waals surface area contributed by atoms with Crippen LogP contribution in [-0.2, 0) is 16.0 Å². The van der Waals surface area contributed by atoms with Gasteiger partial charge in [-0.15, -0.1) is 0 Å². The maximum Gasteiger partial charge on any atom is 0.387 e. The first kappa shape index (κ1) is 20.8. The van der Waals surface area contributed by atoms with Crippen molar-refractivity contribution in [2.45, 2.75) is 32.3 Å². The van der Waals surface area contributed by atoms with E-state index < -0.39 is 6.61 Å². The molecule has 1 fully saturated rings. The summed E-state index contributed by atoms with van der Waals surface area (Å²) in [7, 11) is 0. The molecule has 29 heavy (non-hydrogen) atoms. The first-order valence-corrected chi connectivity index (χ1v) is 9.68. The molecule has 154 valence electrons. The van der Waals surface area contributed by atoms with Crippen LogP contribution in [-0.4, -0.2) is 36.4 Å². The Morgan fingerprint density at radius 1 is 1.03 bits per heavy atom. The fourth-order valence-electron chi connectivity index (χ4n) is 3.41. The lowest BCUT2D eigenvalue weighted by atomic mass is 9.95. The third kappa shape index (κ3) is 6.27. The van der Waals surface area contributed by atoms with Gasteiger partial charge in [0.15, 0.2) is 0 Å². The van der Waals surface area contributed by atoms with Crippen LogP contribution >= 0.6 is 0 Å². The van der Waals surface area contributed by atoms with Gasteiger partial charge < -0.3 is 15.0 Å².